The first-order valence-corrected chi connectivity index (χ1v) is 9.78. The van der Waals surface area contributed by atoms with Gasteiger partial charge in [-0.15, -0.1) is 11.3 Å². The third-order valence-electron chi connectivity index (χ3n) is 3.53. The molecule has 0 saturated heterocycles. The van der Waals surface area contributed by atoms with Gasteiger partial charge in [0.15, 0.2) is 5.01 Å². The maximum atomic E-state index is 12.7. The van der Waals surface area contributed by atoms with Gasteiger partial charge in [-0.2, -0.15) is 13.2 Å². The van der Waals surface area contributed by atoms with Crippen molar-refractivity contribution in [2.45, 2.75) is 19.3 Å². The molecule has 2 aromatic heterocycles. The quantitative estimate of drug-likeness (QED) is 0.468. The summed E-state index contributed by atoms with van der Waals surface area (Å²) in [4.78, 5) is 34.2. The maximum Gasteiger partial charge on any atom is 0.471 e. The van der Waals surface area contributed by atoms with Crippen LogP contribution in [0.3, 0.4) is 0 Å². The van der Waals surface area contributed by atoms with Gasteiger partial charge in [0.25, 0.3) is 0 Å². The van der Waals surface area contributed by atoms with E-state index in [1.807, 2.05) is 0 Å². The summed E-state index contributed by atoms with van der Waals surface area (Å²) in [7, 11) is -4.72. The highest BCUT2D eigenvalue weighted by Gasteiger charge is 2.30. The monoisotopic (exact) mass is 420 g/mol. The van der Waals surface area contributed by atoms with Crippen molar-refractivity contribution in [3.63, 3.8) is 0 Å². The van der Waals surface area contributed by atoms with Crippen LogP contribution in [0.2, 0.25) is 0 Å². The summed E-state index contributed by atoms with van der Waals surface area (Å²) in [5, 5.41) is 1.54. The summed E-state index contributed by atoms with van der Waals surface area (Å²) >= 11 is 0.803. The van der Waals surface area contributed by atoms with Crippen LogP contribution in [0.5, 0.6) is 0 Å². The molecule has 3 rings (SSSR count). The fraction of sp³-hybridized carbons (Fsp3) is 0.200. The van der Waals surface area contributed by atoms with Gasteiger partial charge in [0.1, 0.15) is 6.73 Å². The Morgan fingerprint density at radius 3 is 2.67 bits per heavy atom. The van der Waals surface area contributed by atoms with Crippen LogP contribution in [0.15, 0.2) is 35.8 Å². The molecule has 0 amide bonds. The van der Waals surface area contributed by atoms with Crippen molar-refractivity contribution in [2.75, 3.05) is 0 Å². The Kier molecular flexibility index (Phi) is 5.24. The Morgan fingerprint density at radius 1 is 1.30 bits per heavy atom. The zero-order valence-corrected chi connectivity index (χ0v) is 15.1. The van der Waals surface area contributed by atoms with Crippen LogP contribution in [0, 0.1) is 0 Å². The number of benzene rings is 1. The lowest BCUT2D eigenvalue weighted by atomic mass is 10.1. The van der Waals surface area contributed by atoms with E-state index in [4.69, 9.17) is 9.79 Å². The molecule has 0 fully saturated rings. The van der Waals surface area contributed by atoms with E-state index >= 15 is 0 Å². The van der Waals surface area contributed by atoms with E-state index in [2.05, 4.69) is 9.51 Å². The Hall–Kier alpha value is -2.04. The van der Waals surface area contributed by atoms with E-state index in [-0.39, 0.29) is 16.3 Å². The minimum Gasteiger partial charge on any atom is -0.322 e. The van der Waals surface area contributed by atoms with Gasteiger partial charge in [-0.25, -0.2) is 9.55 Å². The number of aromatic nitrogens is 2. The number of alkyl halides is 3. The number of thiazole rings is 1. The van der Waals surface area contributed by atoms with Gasteiger partial charge in [-0.05, 0) is 6.07 Å². The van der Waals surface area contributed by atoms with E-state index in [0.717, 1.165) is 11.3 Å². The van der Waals surface area contributed by atoms with Crippen LogP contribution in [-0.4, -0.2) is 31.3 Å². The van der Waals surface area contributed by atoms with Crippen LogP contribution >= 0.6 is 19.2 Å². The number of phosphoric ester groups is 1. The number of ketones is 1. The van der Waals surface area contributed by atoms with Crippen molar-refractivity contribution in [3.05, 3.63) is 52.1 Å². The summed E-state index contributed by atoms with van der Waals surface area (Å²) < 4.78 is 54.1. The number of hydrogen-bond donors (Lipinski definition) is 2. The number of fused-ring (bicyclic) bond motifs is 1. The lowest BCUT2D eigenvalue weighted by Crippen LogP contribution is -2.12. The van der Waals surface area contributed by atoms with Crippen molar-refractivity contribution >= 4 is 35.8 Å². The van der Waals surface area contributed by atoms with Gasteiger partial charge in [-0.3, -0.25) is 9.32 Å². The molecule has 1 aromatic carbocycles. The number of carbonyl (C=O) groups is 1. The van der Waals surface area contributed by atoms with E-state index in [0.29, 0.717) is 10.9 Å². The minimum absolute atomic E-state index is 0.104. The molecule has 2 heterocycles. The number of hydrogen-bond acceptors (Lipinski definition) is 5. The number of carbonyl (C=O) groups excluding carboxylic acids is 1. The van der Waals surface area contributed by atoms with Gasteiger partial charge in [0.05, 0.1) is 23.2 Å². The number of rotatable bonds is 6. The van der Waals surface area contributed by atoms with E-state index in [1.165, 1.54) is 16.1 Å². The third-order valence-corrected chi connectivity index (χ3v) is 4.87. The van der Waals surface area contributed by atoms with Crippen LogP contribution in [0.4, 0.5) is 13.2 Å². The van der Waals surface area contributed by atoms with Gasteiger partial charge in [0, 0.05) is 17.0 Å². The van der Waals surface area contributed by atoms with Gasteiger partial charge >= 0.3 is 14.0 Å². The molecule has 2 N–H and O–H groups in total. The molecule has 12 heteroatoms. The molecule has 0 aliphatic carbocycles. The fourth-order valence-electron chi connectivity index (χ4n) is 2.48. The predicted octanol–water partition coefficient (Wildman–Crippen LogP) is 3.50. The van der Waals surface area contributed by atoms with E-state index < -0.39 is 32.9 Å². The number of halogens is 3. The van der Waals surface area contributed by atoms with Crippen LogP contribution < -0.4 is 0 Å². The summed E-state index contributed by atoms with van der Waals surface area (Å²) in [5.41, 5.74) is 0.374. The highest BCUT2D eigenvalue weighted by atomic mass is 32.1. The second-order valence-corrected chi connectivity index (χ2v) is 7.64. The first-order valence-electron chi connectivity index (χ1n) is 7.37. The standard InChI is InChI=1S/C15H12F3N2O5PS/c16-15(17,18)5-9-7-27-14(19-9)13(21)11-6-20(8-25-26(22,23)24)12-4-2-1-3-10(11)12/h1-4,6-7H,5,8H2,(H2,22,23,24). The number of nitrogens with zero attached hydrogens (tertiary/aromatic N) is 2. The summed E-state index contributed by atoms with van der Waals surface area (Å²) in [6.07, 6.45) is -4.33. The molecule has 0 saturated carbocycles. The minimum atomic E-state index is -4.72. The average Bonchev–Trinajstić information content (AvgIpc) is 3.15. The second-order valence-electron chi connectivity index (χ2n) is 5.54. The Balaban J connectivity index is 1.94. The van der Waals surface area contributed by atoms with Crippen molar-refractivity contribution in [1.29, 1.82) is 0 Å². The van der Waals surface area contributed by atoms with E-state index in [1.54, 1.807) is 24.3 Å². The molecule has 0 aliphatic heterocycles. The molecule has 0 radical (unpaired) electrons. The van der Waals surface area contributed by atoms with Crippen molar-refractivity contribution in [2.24, 2.45) is 0 Å². The Morgan fingerprint density at radius 2 is 2.00 bits per heavy atom. The molecule has 0 bridgehead atoms. The largest absolute Gasteiger partial charge is 0.471 e. The molecule has 0 spiro atoms. The lowest BCUT2D eigenvalue weighted by Gasteiger charge is -2.07. The normalized spacial score (nSPS) is 12.6. The summed E-state index contributed by atoms with van der Waals surface area (Å²) in [5.74, 6) is -0.584. The first-order chi connectivity index (χ1) is 12.5. The van der Waals surface area contributed by atoms with Crippen LogP contribution in [0.1, 0.15) is 21.1 Å². The average molecular weight is 420 g/mol. The molecule has 0 unspecified atom stereocenters. The smallest absolute Gasteiger partial charge is 0.322 e. The zero-order valence-electron chi connectivity index (χ0n) is 13.4. The van der Waals surface area contributed by atoms with Crippen molar-refractivity contribution < 1.29 is 36.8 Å². The maximum absolute atomic E-state index is 12.7. The molecule has 27 heavy (non-hydrogen) atoms. The van der Waals surface area contributed by atoms with Gasteiger partial charge < -0.3 is 14.4 Å². The third kappa shape index (κ3) is 4.82. The van der Waals surface area contributed by atoms with Crippen molar-refractivity contribution in [3.8, 4) is 0 Å². The SMILES string of the molecule is O=C(c1nc(CC(F)(F)F)cs1)c1cn(COP(=O)(O)O)c2ccccc12. The topological polar surface area (TPSA) is 102 Å². The Labute approximate surface area is 154 Å². The predicted molar refractivity (Wildman–Crippen MR) is 90.4 cm³/mol. The zero-order chi connectivity index (χ0) is 19.8. The van der Waals surface area contributed by atoms with Gasteiger partial charge in [0.2, 0.25) is 5.78 Å². The number of para-hydroxylation sites is 1. The van der Waals surface area contributed by atoms with Crippen molar-refractivity contribution in [1.82, 2.24) is 9.55 Å². The molecule has 144 valence electrons. The van der Waals surface area contributed by atoms with Crippen LogP contribution in [0.25, 0.3) is 10.9 Å². The lowest BCUT2D eigenvalue weighted by molar-refractivity contribution is -0.127. The van der Waals surface area contributed by atoms with Gasteiger partial charge in [-0.1, -0.05) is 18.2 Å². The fourth-order valence-corrected chi connectivity index (χ4v) is 3.53. The molecule has 0 atom stereocenters. The van der Waals surface area contributed by atoms with Crippen LogP contribution in [-0.2, 0) is 22.2 Å². The summed E-state index contributed by atoms with van der Waals surface area (Å²) in [6, 6.07) is 6.55. The molecule has 0 aliphatic rings. The second kappa shape index (κ2) is 7.17. The molecular formula is C15H12F3N2O5PS. The summed E-state index contributed by atoms with van der Waals surface area (Å²) in [6.45, 7) is -0.505. The number of phosphoric acid groups is 1. The Bertz CT molecular complexity index is 1040. The first kappa shape index (κ1) is 19.7. The molecule has 7 nitrogen and oxygen atoms in total. The molecule has 3 aromatic rings. The highest BCUT2D eigenvalue weighted by molar-refractivity contribution is 7.46. The molecular weight excluding hydrogens is 408 g/mol. The van der Waals surface area contributed by atoms with E-state index in [9.17, 15) is 22.5 Å². The highest BCUT2D eigenvalue weighted by Crippen LogP contribution is 2.37.